The maximum Gasteiger partial charge on any atom is 0.330 e. The summed E-state index contributed by atoms with van der Waals surface area (Å²) >= 11 is 12.8. The maximum absolute atomic E-state index is 13.5. The van der Waals surface area contributed by atoms with Crippen molar-refractivity contribution < 1.29 is 9.94 Å². The van der Waals surface area contributed by atoms with Crippen LogP contribution in [0.2, 0.25) is 10.2 Å². The van der Waals surface area contributed by atoms with E-state index >= 15 is 0 Å². The summed E-state index contributed by atoms with van der Waals surface area (Å²) < 4.78 is 3.99. The van der Waals surface area contributed by atoms with Crippen molar-refractivity contribution in [3.05, 3.63) is 43.7 Å². The molecule has 3 N–H and O–H groups in total. The van der Waals surface area contributed by atoms with E-state index in [4.69, 9.17) is 28.9 Å². The second kappa shape index (κ2) is 9.25. The smallest absolute Gasteiger partial charge is 0.330 e. The quantitative estimate of drug-likeness (QED) is 0.304. The topological polar surface area (TPSA) is 106 Å². The van der Waals surface area contributed by atoms with Crippen LogP contribution in [0.15, 0.2) is 11.0 Å². The fourth-order valence-corrected chi connectivity index (χ4v) is 4.55. The number of nitrogen functional groups attached to an aromatic ring is 1. The molecule has 0 aliphatic carbocycles. The Morgan fingerprint density at radius 3 is 2.38 bits per heavy atom. The van der Waals surface area contributed by atoms with E-state index in [-0.39, 0.29) is 23.3 Å². The number of aromatic nitrogens is 5. The molecule has 174 valence electrons. The third-order valence-electron chi connectivity index (χ3n) is 5.74. The fraction of sp³-hybridized carbons (Fsp3) is 0.524. The Balaban J connectivity index is 2.16. The number of pyridine rings is 1. The predicted molar refractivity (Wildman–Crippen MR) is 126 cm³/mol. The number of nitrogens with zero attached hydrogens (tertiary/aromatic N) is 6. The molecule has 0 atom stereocenters. The fourth-order valence-electron chi connectivity index (χ4n) is 4.12. The minimum absolute atomic E-state index is 0.0325. The Hall–Kier alpha value is -2.36. The first-order valence-electron chi connectivity index (χ1n) is 10.5. The van der Waals surface area contributed by atoms with Crippen molar-refractivity contribution in [1.29, 1.82) is 0 Å². The van der Waals surface area contributed by atoms with E-state index in [1.54, 1.807) is 18.4 Å². The largest absolute Gasteiger partial charge is 0.368 e. The number of nitrogens with two attached hydrogens (primary N) is 1. The summed E-state index contributed by atoms with van der Waals surface area (Å²) in [6.07, 6.45) is 1.51. The average molecular weight is 483 g/mol. The third kappa shape index (κ3) is 4.42. The van der Waals surface area contributed by atoms with E-state index < -0.39 is 0 Å². The Morgan fingerprint density at radius 1 is 1.16 bits per heavy atom. The van der Waals surface area contributed by atoms with Gasteiger partial charge in [-0.3, -0.25) is 19.2 Å². The van der Waals surface area contributed by atoms with Crippen molar-refractivity contribution in [2.75, 3.05) is 12.3 Å². The van der Waals surface area contributed by atoms with E-state index in [2.05, 4.69) is 42.6 Å². The third-order valence-corrected chi connectivity index (χ3v) is 6.59. The molecule has 0 aromatic carbocycles. The molecule has 3 aromatic heterocycles. The van der Waals surface area contributed by atoms with Crippen molar-refractivity contribution in [1.82, 2.24) is 24.0 Å². The van der Waals surface area contributed by atoms with E-state index in [0.29, 0.717) is 52.6 Å². The van der Waals surface area contributed by atoms with Crippen LogP contribution < -0.4 is 16.2 Å². The van der Waals surface area contributed by atoms with Crippen molar-refractivity contribution in [3.63, 3.8) is 0 Å². The zero-order valence-corrected chi connectivity index (χ0v) is 20.7. The second-order valence-electron chi connectivity index (χ2n) is 8.53. The molecule has 0 saturated heterocycles. The number of anilines is 1. The van der Waals surface area contributed by atoms with Gasteiger partial charge in [0.25, 0.3) is 5.69 Å². The molecule has 3 aromatic rings. The Kier molecular flexibility index (Phi) is 7.02. The first-order chi connectivity index (χ1) is 14.9. The van der Waals surface area contributed by atoms with Gasteiger partial charge < -0.3 is 5.73 Å². The normalized spacial score (nSPS) is 12.1. The van der Waals surface area contributed by atoms with Crippen LogP contribution in [0.5, 0.6) is 0 Å². The van der Waals surface area contributed by atoms with Gasteiger partial charge in [-0.15, -0.1) is 0 Å². The van der Waals surface area contributed by atoms with Gasteiger partial charge in [-0.2, -0.15) is 9.97 Å². The molecule has 0 radical (unpaired) electrons. The lowest BCUT2D eigenvalue weighted by atomic mass is 10.1. The molecule has 0 saturated carbocycles. The number of halogens is 2. The van der Waals surface area contributed by atoms with Crippen molar-refractivity contribution >= 4 is 40.3 Å². The van der Waals surface area contributed by atoms with Crippen LogP contribution in [-0.4, -0.2) is 47.8 Å². The maximum atomic E-state index is 13.5. The van der Waals surface area contributed by atoms with Crippen LogP contribution in [0.25, 0.3) is 11.2 Å². The van der Waals surface area contributed by atoms with Gasteiger partial charge in [0, 0.05) is 41.0 Å². The van der Waals surface area contributed by atoms with Crippen molar-refractivity contribution in [2.24, 2.45) is 0 Å². The van der Waals surface area contributed by atoms with Crippen LogP contribution in [0.4, 0.5) is 5.95 Å². The van der Waals surface area contributed by atoms with Crippen LogP contribution >= 0.6 is 23.2 Å². The van der Waals surface area contributed by atoms with E-state index in [0.717, 1.165) is 10.3 Å². The number of imidazole rings is 1. The SMILES string of the molecule is Cc1c[n+](O)c(Cn2c(=O)n(CCN(C(C)C)C(C)C)c3c(Cl)nc(N)nc32)c(C)c1Cl. The summed E-state index contributed by atoms with van der Waals surface area (Å²) in [5.41, 5.74) is 8.10. The highest BCUT2D eigenvalue weighted by Gasteiger charge is 2.26. The Bertz CT molecular complexity index is 1210. The zero-order chi connectivity index (χ0) is 23.9. The van der Waals surface area contributed by atoms with Gasteiger partial charge in [0.1, 0.15) is 12.1 Å². The van der Waals surface area contributed by atoms with Gasteiger partial charge in [0.2, 0.25) is 12.1 Å². The van der Waals surface area contributed by atoms with E-state index in [1.807, 2.05) is 0 Å². The molecule has 0 amide bonds. The van der Waals surface area contributed by atoms with Gasteiger partial charge in [0.15, 0.2) is 10.8 Å². The molecular weight excluding hydrogens is 453 g/mol. The van der Waals surface area contributed by atoms with Gasteiger partial charge in [-0.1, -0.05) is 23.2 Å². The molecular formula is C21H30Cl2N7O2+. The summed E-state index contributed by atoms with van der Waals surface area (Å²) in [5.74, 6) is -0.0325. The molecule has 0 fully saturated rings. The molecule has 11 heteroatoms. The van der Waals surface area contributed by atoms with Crippen LogP contribution in [0.3, 0.4) is 0 Å². The lowest BCUT2D eigenvalue weighted by Crippen LogP contribution is -2.41. The summed E-state index contributed by atoms with van der Waals surface area (Å²) in [6, 6.07) is 0.624. The minimum Gasteiger partial charge on any atom is -0.368 e. The van der Waals surface area contributed by atoms with Gasteiger partial charge in [-0.25, -0.2) is 4.79 Å². The van der Waals surface area contributed by atoms with E-state index in [9.17, 15) is 10.0 Å². The lowest BCUT2D eigenvalue weighted by Gasteiger charge is -2.30. The highest BCUT2D eigenvalue weighted by atomic mass is 35.5. The molecule has 9 nitrogen and oxygen atoms in total. The molecule has 0 unspecified atom stereocenters. The highest BCUT2D eigenvalue weighted by molar-refractivity contribution is 6.33. The predicted octanol–water partition coefficient (Wildman–Crippen LogP) is 2.79. The van der Waals surface area contributed by atoms with Crippen molar-refractivity contribution in [2.45, 2.75) is 66.7 Å². The van der Waals surface area contributed by atoms with Crippen molar-refractivity contribution in [3.8, 4) is 0 Å². The first-order valence-corrected chi connectivity index (χ1v) is 11.3. The summed E-state index contributed by atoms with van der Waals surface area (Å²) in [4.78, 5) is 24.1. The van der Waals surface area contributed by atoms with E-state index in [1.165, 1.54) is 10.8 Å². The summed E-state index contributed by atoms with van der Waals surface area (Å²) in [7, 11) is 0. The van der Waals surface area contributed by atoms with Crippen LogP contribution in [0, 0.1) is 13.8 Å². The standard InChI is InChI=1S/C21H30Cl2N7O2/c1-11(2)27(12(3)4)7-8-28-17-18(23)25-20(24)26-19(17)29(21(28)31)10-15-14(6)16(22)13(5)9-30(15)32/h9,11-12,32H,7-8,10H2,1-6H3,(H2,24,25,26)/q+1. The molecule has 0 aliphatic heterocycles. The second-order valence-corrected chi connectivity index (χ2v) is 9.27. The summed E-state index contributed by atoms with van der Waals surface area (Å²) in [6.45, 7) is 13.1. The van der Waals surface area contributed by atoms with Gasteiger partial charge in [0.05, 0.1) is 5.02 Å². The number of hydrogen-bond donors (Lipinski definition) is 2. The lowest BCUT2D eigenvalue weighted by molar-refractivity contribution is -0.910. The molecule has 0 bridgehead atoms. The number of hydrogen-bond acceptors (Lipinski definition) is 6. The Morgan fingerprint density at radius 2 is 1.78 bits per heavy atom. The minimum atomic E-state index is -0.314. The number of rotatable bonds is 7. The molecule has 32 heavy (non-hydrogen) atoms. The zero-order valence-electron chi connectivity index (χ0n) is 19.2. The van der Waals surface area contributed by atoms with Gasteiger partial charge >= 0.3 is 5.69 Å². The van der Waals surface area contributed by atoms with Gasteiger partial charge in [-0.05, 0) is 41.5 Å². The summed E-state index contributed by atoms with van der Waals surface area (Å²) in [5, 5.41) is 11.1. The molecule has 0 aliphatic rings. The molecule has 3 heterocycles. The average Bonchev–Trinajstić information content (AvgIpc) is 2.94. The molecule has 3 rings (SSSR count). The Labute approximate surface area is 197 Å². The number of fused-ring (bicyclic) bond motifs is 1. The molecule has 0 spiro atoms. The highest BCUT2D eigenvalue weighted by Crippen LogP contribution is 2.24. The van der Waals surface area contributed by atoms with Crippen LogP contribution in [0.1, 0.15) is 44.5 Å². The monoisotopic (exact) mass is 482 g/mol. The van der Waals surface area contributed by atoms with Crippen LogP contribution in [-0.2, 0) is 13.1 Å². The number of aryl methyl sites for hydroxylation is 1. The first kappa shape index (κ1) is 24.3.